The van der Waals surface area contributed by atoms with Crippen molar-refractivity contribution in [3.8, 4) is 0 Å². The number of nitrogens with one attached hydrogen (secondary N) is 1. The lowest BCUT2D eigenvalue weighted by Crippen LogP contribution is -2.28. The molecule has 0 fully saturated rings. The van der Waals surface area contributed by atoms with Crippen LogP contribution in [0.5, 0.6) is 0 Å². The lowest BCUT2D eigenvalue weighted by atomic mass is 10.1. The maximum atomic E-state index is 5.98. The molecule has 1 aromatic rings. The van der Waals surface area contributed by atoms with Gasteiger partial charge in [0.2, 0.25) is 0 Å². The smallest absolute Gasteiger partial charge is 0.0340 e. The highest BCUT2D eigenvalue weighted by Gasteiger charge is 2.01. The number of anilines is 1. The van der Waals surface area contributed by atoms with Crippen molar-refractivity contribution < 1.29 is 0 Å². The van der Waals surface area contributed by atoms with Crippen molar-refractivity contribution in [3.63, 3.8) is 0 Å². The zero-order chi connectivity index (χ0) is 11.8. The van der Waals surface area contributed by atoms with Crippen molar-refractivity contribution in [3.05, 3.63) is 29.8 Å². The summed E-state index contributed by atoms with van der Waals surface area (Å²) in [7, 11) is 0. The Bertz CT molecular complexity index is 282. The van der Waals surface area contributed by atoms with Gasteiger partial charge in [0, 0.05) is 24.8 Å². The van der Waals surface area contributed by atoms with Gasteiger partial charge in [-0.15, -0.1) is 0 Å². The summed E-state index contributed by atoms with van der Waals surface area (Å²) in [5.74, 6) is 0. The highest BCUT2D eigenvalue weighted by atomic mass is 14.9. The molecule has 3 nitrogen and oxygen atoms in total. The third-order valence-corrected chi connectivity index (χ3v) is 2.69. The van der Waals surface area contributed by atoms with Gasteiger partial charge in [0.05, 0.1) is 0 Å². The molecule has 1 atom stereocenters. The normalized spacial score (nSPS) is 12.4. The van der Waals surface area contributed by atoms with Crippen LogP contribution in [0, 0.1) is 0 Å². The van der Waals surface area contributed by atoms with Crippen molar-refractivity contribution in [2.75, 3.05) is 11.9 Å². The van der Waals surface area contributed by atoms with E-state index in [0.717, 1.165) is 24.2 Å². The molecule has 0 saturated carbocycles. The van der Waals surface area contributed by atoms with Crippen LogP contribution < -0.4 is 16.8 Å². The minimum absolute atomic E-state index is 0.245. The van der Waals surface area contributed by atoms with Gasteiger partial charge in [0.1, 0.15) is 0 Å². The minimum Gasteiger partial charge on any atom is -0.383 e. The van der Waals surface area contributed by atoms with Crippen LogP contribution in [-0.4, -0.2) is 12.6 Å². The number of unbranched alkanes of at least 4 members (excludes halogenated alkanes) is 1. The molecule has 0 heterocycles. The van der Waals surface area contributed by atoms with E-state index in [9.17, 15) is 0 Å². The molecule has 0 aliphatic heterocycles. The molecule has 3 heteroatoms. The standard InChI is InChI=1S/C13H23N3/c1-2-3-4-12(15)10-16-13-7-5-11(9-14)6-8-13/h5-8,12,16H,2-4,9-10,14-15H2,1H3. The van der Waals surface area contributed by atoms with Crippen LogP contribution in [0.3, 0.4) is 0 Å². The van der Waals surface area contributed by atoms with E-state index in [1.807, 2.05) is 12.1 Å². The van der Waals surface area contributed by atoms with Crippen LogP contribution in [0.15, 0.2) is 24.3 Å². The van der Waals surface area contributed by atoms with E-state index in [1.54, 1.807) is 0 Å². The molecule has 16 heavy (non-hydrogen) atoms. The van der Waals surface area contributed by atoms with Gasteiger partial charge in [0.25, 0.3) is 0 Å². The van der Waals surface area contributed by atoms with E-state index in [0.29, 0.717) is 6.54 Å². The minimum atomic E-state index is 0.245. The average molecular weight is 221 g/mol. The van der Waals surface area contributed by atoms with E-state index >= 15 is 0 Å². The van der Waals surface area contributed by atoms with Crippen LogP contribution in [0.4, 0.5) is 5.69 Å². The molecule has 1 unspecified atom stereocenters. The van der Waals surface area contributed by atoms with Crippen LogP contribution in [-0.2, 0) is 6.54 Å². The molecule has 0 radical (unpaired) electrons. The Kier molecular flexibility index (Phi) is 5.90. The fraction of sp³-hybridized carbons (Fsp3) is 0.538. The third-order valence-electron chi connectivity index (χ3n) is 2.69. The molecule has 0 amide bonds. The number of rotatable bonds is 7. The zero-order valence-electron chi connectivity index (χ0n) is 10.1. The zero-order valence-corrected chi connectivity index (χ0v) is 10.1. The summed E-state index contributed by atoms with van der Waals surface area (Å²) in [5.41, 5.74) is 13.8. The molecule has 0 saturated heterocycles. The monoisotopic (exact) mass is 221 g/mol. The third kappa shape index (κ3) is 4.64. The van der Waals surface area contributed by atoms with Crippen molar-refractivity contribution >= 4 is 5.69 Å². The first-order valence-corrected chi connectivity index (χ1v) is 6.04. The van der Waals surface area contributed by atoms with Gasteiger partial charge < -0.3 is 16.8 Å². The Morgan fingerprint density at radius 3 is 2.50 bits per heavy atom. The lowest BCUT2D eigenvalue weighted by Gasteiger charge is -2.13. The van der Waals surface area contributed by atoms with Crippen molar-refractivity contribution in [2.24, 2.45) is 11.5 Å². The van der Waals surface area contributed by atoms with Gasteiger partial charge in [-0.1, -0.05) is 31.9 Å². The van der Waals surface area contributed by atoms with Crippen LogP contribution in [0.2, 0.25) is 0 Å². The first-order valence-electron chi connectivity index (χ1n) is 6.04. The van der Waals surface area contributed by atoms with Crippen LogP contribution in [0.25, 0.3) is 0 Å². The Morgan fingerprint density at radius 1 is 1.25 bits per heavy atom. The van der Waals surface area contributed by atoms with Gasteiger partial charge >= 0.3 is 0 Å². The first-order chi connectivity index (χ1) is 7.76. The van der Waals surface area contributed by atoms with Crippen molar-refractivity contribution in [2.45, 2.75) is 38.8 Å². The molecular formula is C13H23N3. The van der Waals surface area contributed by atoms with Crippen molar-refractivity contribution in [1.82, 2.24) is 0 Å². The fourth-order valence-electron chi connectivity index (χ4n) is 1.58. The molecule has 0 aromatic heterocycles. The van der Waals surface area contributed by atoms with Crippen molar-refractivity contribution in [1.29, 1.82) is 0 Å². The summed E-state index contributed by atoms with van der Waals surface area (Å²) in [5, 5.41) is 3.34. The summed E-state index contributed by atoms with van der Waals surface area (Å²) in [6.07, 6.45) is 3.50. The predicted octanol–water partition coefficient (Wildman–Crippen LogP) is 2.07. The van der Waals surface area contributed by atoms with E-state index in [-0.39, 0.29) is 6.04 Å². The van der Waals surface area contributed by atoms with Gasteiger partial charge in [-0.25, -0.2) is 0 Å². The van der Waals surface area contributed by atoms with Crippen LogP contribution >= 0.6 is 0 Å². The maximum Gasteiger partial charge on any atom is 0.0340 e. The topological polar surface area (TPSA) is 64.1 Å². The number of hydrogen-bond donors (Lipinski definition) is 3. The second-order valence-corrected chi connectivity index (χ2v) is 4.18. The van der Waals surface area contributed by atoms with E-state index in [2.05, 4.69) is 24.4 Å². The van der Waals surface area contributed by atoms with E-state index in [1.165, 1.54) is 12.8 Å². The first kappa shape index (κ1) is 13.0. The maximum absolute atomic E-state index is 5.98. The molecular weight excluding hydrogens is 198 g/mol. The van der Waals surface area contributed by atoms with E-state index < -0.39 is 0 Å². The molecule has 0 bridgehead atoms. The highest BCUT2D eigenvalue weighted by molar-refractivity contribution is 5.44. The summed E-state index contributed by atoms with van der Waals surface area (Å²) in [6, 6.07) is 8.43. The lowest BCUT2D eigenvalue weighted by molar-refractivity contribution is 0.596. The second-order valence-electron chi connectivity index (χ2n) is 4.18. The Labute approximate surface area is 98.2 Å². The molecule has 1 aromatic carbocycles. The summed E-state index contributed by atoms with van der Waals surface area (Å²) in [6.45, 7) is 3.62. The molecule has 0 spiro atoms. The Hall–Kier alpha value is -1.06. The largest absolute Gasteiger partial charge is 0.383 e. The summed E-state index contributed by atoms with van der Waals surface area (Å²) in [4.78, 5) is 0. The summed E-state index contributed by atoms with van der Waals surface area (Å²) >= 11 is 0. The molecule has 5 N–H and O–H groups in total. The average Bonchev–Trinajstić information content (AvgIpc) is 2.34. The van der Waals surface area contributed by atoms with Crippen LogP contribution in [0.1, 0.15) is 31.7 Å². The van der Waals surface area contributed by atoms with Gasteiger partial charge in [-0.2, -0.15) is 0 Å². The van der Waals surface area contributed by atoms with Gasteiger partial charge in [-0.3, -0.25) is 0 Å². The number of nitrogens with two attached hydrogens (primary N) is 2. The van der Waals surface area contributed by atoms with Gasteiger partial charge in [0.15, 0.2) is 0 Å². The molecule has 0 aliphatic carbocycles. The molecule has 1 rings (SSSR count). The molecule has 0 aliphatic rings. The number of hydrogen-bond acceptors (Lipinski definition) is 3. The highest BCUT2D eigenvalue weighted by Crippen LogP contribution is 2.09. The van der Waals surface area contributed by atoms with Gasteiger partial charge in [-0.05, 0) is 24.1 Å². The number of benzene rings is 1. The van der Waals surface area contributed by atoms with E-state index in [4.69, 9.17) is 11.5 Å². The Balaban J connectivity index is 2.30. The predicted molar refractivity (Wildman–Crippen MR) is 70.3 cm³/mol. The summed E-state index contributed by atoms with van der Waals surface area (Å²) < 4.78 is 0. The fourth-order valence-corrected chi connectivity index (χ4v) is 1.58. The molecule has 90 valence electrons. The Morgan fingerprint density at radius 2 is 1.94 bits per heavy atom. The SMILES string of the molecule is CCCCC(N)CNc1ccc(CN)cc1. The quantitative estimate of drug-likeness (QED) is 0.660. The second kappa shape index (κ2) is 7.25.